The van der Waals surface area contributed by atoms with E-state index in [4.69, 9.17) is 5.73 Å². The Morgan fingerprint density at radius 3 is 2.19 bits per heavy atom. The molecule has 0 bridgehead atoms. The highest BCUT2D eigenvalue weighted by atomic mass is 15.1. The molecule has 2 heteroatoms. The first-order valence-corrected chi connectivity index (χ1v) is 7.62. The molecule has 0 aliphatic carbocycles. The molecule has 0 aliphatic heterocycles. The number of nitrogens with two attached hydrogens (primary N) is 1. The Morgan fingerprint density at radius 1 is 1.00 bits per heavy atom. The predicted molar refractivity (Wildman–Crippen MR) is 90.5 cm³/mol. The molecule has 2 rings (SSSR count). The molecule has 112 valence electrons. The fourth-order valence-corrected chi connectivity index (χ4v) is 2.88. The van der Waals surface area contributed by atoms with Crippen molar-refractivity contribution in [3.8, 4) is 0 Å². The maximum atomic E-state index is 6.03. The highest BCUT2D eigenvalue weighted by molar-refractivity contribution is 5.31. The lowest BCUT2D eigenvalue weighted by Crippen LogP contribution is -2.32. The summed E-state index contributed by atoms with van der Waals surface area (Å²) in [5.74, 6) is 0. The molecular weight excluding hydrogens is 256 g/mol. The first-order valence-electron chi connectivity index (χ1n) is 7.62. The molecular formula is C19H26N2. The van der Waals surface area contributed by atoms with Crippen LogP contribution in [0.15, 0.2) is 48.5 Å². The minimum atomic E-state index is 0.285. The van der Waals surface area contributed by atoms with Crippen molar-refractivity contribution in [1.82, 2.24) is 4.90 Å². The summed E-state index contributed by atoms with van der Waals surface area (Å²) < 4.78 is 0. The molecule has 2 aromatic rings. The van der Waals surface area contributed by atoms with E-state index in [1.54, 1.807) is 0 Å². The Hall–Kier alpha value is -1.64. The van der Waals surface area contributed by atoms with E-state index in [0.29, 0.717) is 6.54 Å². The average Bonchev–Trinajstić information content (AvgIpc) is 2.46. The van der Waals surface area contributed by atoms with Crippen LogP contribution in [0.25, 0.3) is 0 Å². The van der Waals surface area contributed by atoms with Gasteiger partial charge in [0.05, 0.1) is 0 Å². The van der Waals surface area contributed by atoms with Crippen LogP contribution in [0, 0.1) is 13.8 Å². The minimum Gasteiger partial charge on any atom is -0.329 e. The SMILES string of the molecule is Cc1cc(C)cc(C(CN)N(C)CCc2ccccc2)c1. The van der Waals surface area contributed by atoms with Crippen molar-refractivity contribution in [3.63, 3.8) is 0 Å². The van der Waals surface area contributed by atoms with E-state index in [1.165, 1.54) is 22.3 Å². The second-order valence-electron chi connectivity index (χ2n) is 5.89. The molecule has 0 heterocycles. The number of hydrogen-bond acceptors (Lipinski definition) is 2. The second-order valence-corrected chi connectivity index (χ2v) is 5.89. The van der Waals surface area contributed by atoms with Crippen molar-refractivity contribution < 1.29 is 0 Å². The molecule has 0 saturated carbocycles. The van der Waals surface area contributed by atoms with Gasteiger partial charge in [-0.3, -0.25) is 4.90 Å². The smallest absolute Gasteiger partial charge is 0.0467 e. The predicted octanol–water partition coefficient (Wildman–Crippen LogP) is 3.48. The highest BCUT2D eigenvalue weighted by Crippen LogP contribution is 2.21. The molecule has 0 radical (unpaired) electrons. The van der Waals surface area contributed by atoms with E-state index < -0.39 is 0 Å². The molecule has 0 fully saturated rings. The Kier molecular flexibility index (Phi) is 5.54. The van der Waals surface area contributed by atoms with Crippen molar-refractivity contribution in [2.75, 3.05) is 20.1 Å². The Labute approximate surface area is 128 Å². The summed E-state index contributed by atoms with van der Waals surface area (Å²) >= 11 is 0. The molecule has 0 aromatic heterocycles. The van der Waals surface area contributed by atoms with E-state index in [9.17, 15) is 0 Å². The molecule has 21 heavy (non-hydrogen) atoms. The van der Waals surface area contributed by atoms with E-state index in [1.807, 2.05) is 0 Å². The molecule has 0 spiro atoms. The highest BCUT2D eigenvalue weighted by Gasteiger charge is 2.15. The summed E-state index contributed by atoms with van der Waals surface area (Å²) in [4.78, 5) is 2.36. The zero-order valence-electron chi connectivity index (χ0n) is 13.3. The summed E-state index contributed by atoms with van der Waals surface area (Å²) in [6.45, 7) is 5.95. The van der Waals surface area contributed by atoms with Crippen molar-refractivity contribution in [2.45, 2.75) is 26.3 Å². The normalized spacial score (nSPS) is 12.6. The fourth-order valence-electron chi connectivity index (χ4n) is 2.88. The lowest BCUT2D eigenvalue weighted by molar-refractivity contribution is 0.253. The Balaban J connectivity index is 2.06. The van der Waals surface area contributed by atoms with Crippen LogP contribution in [-0.4, -0.2) is 25.0 Å². The van der Waals surface area contributed by atoms with Gasteiger partial charge in [-0.25, -0.2) is 0 Å². The van der Waals surface area contributed by atoms with Crippen LogP contribution in [-0.2, 0) is 6.42 Å². The van der Waals surface area contributed by atoms with Crippen LogP contribution >= 0.6 is 0 Å². The van der Waals surface area contributed by atoms with Gasteiger partial charge < -0.3 is 5.73 Å². The van der Waals surface area contributed by atoms with Crippen LogP contribution in [0.1, 0.15) is 28.3 Å². The number of benzene rings is 2. The Bertz CT molecular complexity index is 543. The number of nitrogens with zero attached hydrogens (tertiary/aromatic N) is 1. The van der Waals surface area contributed by atoms with Gasteiger partial charge in [0.1, 0.15) is 0 Å². The van der Waals surface area contributed by atoms with Gasteiger partial charge in [0, 0.05) is 19.1 Å². The third-order valence-corrected chi connectivity index (χ3v) is 3.98. The lowest BCUT2D eigenvalue weighted by atomic mass is 10.00. The molecule has 1 atom stereocenters. The minimum absolute atomic E-state index is 0.285. The van der Waals surface area contributed by atoms with E-state index in [0.717, 1.165) is 13.0 Å². The molecule has 0 aliphatic rings. The first kappa shape index (κ1) is 15.7. The number of aryl methyl sites for hydroxylation is 2. The van der Waals surface area contributed by atoms with Crippen LogP contribution in [0.5, 0.6) is 0 Å². The molecule has 0 amide bonds. The van der Waals surface area contributed by atoms with Crippen molar-refractivity contribution in [2.24, 2.45) is 5.73 Å². The first-order chi connectivity index (χ1) is 10.1. The van der Waals surface area contributed by atoms with Crippen molar-refractivity contribution in [3.05, 3.63) is 70.8 Å². The van der Waals surface area contributed by atoms with Crippen molar-refractivity contribution in [1.29, 1.82) is 0 Å². The number of rotatable bonds is 6. The van der Waals surface area contributed by atoms with Gasteiger partial charge in [-0.05, 0) is 38.4 Å². The topological polar surface area (TPSA) is 29.3 Å². The van der Waals surface area contributed by atoms with E-state index in [2.05, 4.69) is 74.3 Å². The average molecular weight is 282 g/mol. The zero-order valence-corrected chi connectivity index (χ0v) is 13.3. The van der Waals surface area contributed by atoms with Crippen LogP contribution in [0.2, 0.25) is 0 Å². The molecule has 2 nitrogen and oxygen atoms in total. The summed E-state index contributed by atoms with van der Waals surface area (Å²) in [6, 6.07) is 17.6. The Morgan fingerprint density at radius 2 is 1.62 bits per heavy atom. The standard InChI is InChI=1S/C19H26N2/c1-15-11-16(2)13-18(12-15)19(14-20)21(3)10-9-17-7-5-4-6-8-17/h4-8,11-13,19H,9-10,14,20H2,1-3H3. The van der Waals surface area contributed by atoms with Gasteiger partial charge in [0.2, 0.25) is 0 Å². The fraction of sp³-hybridized carbons (Fsp3) is 0.368. The van der Waals surface area contributed by atoms with E-state index in [-0.39, 0.29) is 6.04 Å². The van der Waals surface area contributed by atoms with Gasteiger partial charge in [-0.2, -0.15) is 0 Å². The number of likely N-dealkylation sites (N-methyl/N-ethyl adjacent to an activating group) is 1. The van der Waals surface area contributed by atoms with Gasteiger partial charge in [0.25, 0.3) is 0 Å². The van der Waals surface area contributed by atoms with Crippen LogP contribution in [0.4, 0.5) is 0 Å². The second kappa shape index (κ2) is 7.39. The molecule has 2 aromatic carbocycles. The maximum Gasteiger partial charge on any atom is 0.0467 e. The van der Waals surface area contributed by atoms with Gasteiger partial charge >= 0.3 is 0 Å². The largest absolute Gasteiger partial charge is 0.329 e. The monoisotopic (exact) mass is 282 g/mol. The summed E-state index contributed by atoms with van der Waals surface area (Å²) in [6.07, 6.45) is 1.05. The lowest BCUT2D eigenvalue weighted by Gasteiger charge is -2.28. The van der Waals surface area contributed by atoms with Gasteiger partial charge in [0.15, 0.2) is 0 Å². The van der Waals surface area contributed by atoms with Crippen LogP contribution < -0.4 is 5.73 Å². The van der Waals surface area contributed by atoms with Crippen LogP contribution in [0.3, 0.4) is 0 Å². The third-order valence-electron chi connectivity index (χ3n) is 3.98. The van der Waals surface area contributed by atoms with E-state index >= 15 is 0 Å². The summed E-state index contributed by atoms with van der Waals surface area (Å²) in [5, 5.41) is 0. The maximum absolute atomic E-state index is 6.03. The molecule has 1 unspecified atom stereocenters. The number of hydrogen-bond donors (Lipinski definition) is 1. The van der Waals surface area contributed by atoms with Gasteiger partial charge in [-0.15, -0.1) is 0 Å². The molecule has 0 saturated heterocycles. The summed E-state index contributed by atoms with van der Waals surface area (Å²) in [5.41, 5.74) is 11.3. The summed E-state index contributed by atoms with van der Waals surface area (Å²) in [7, 11) is 2.16. The van der Waals surface area contributed by atoms with Crippen molar-refractivity contribution >= 4 is 0 Å². The molecule has 2 N–H and O–H groups in total. The van der Waals surface area contributed by atoms with Gasteiger partial charge in [-0.1, -0.05) is 59.7 Å². The third kappa shape index (κ3) is 4.42. The quantitative estimate of drug-likeness (QED) is 0.879. The zero-order chi connectivity index (χ0) is 15.2.